The van der Waals surface area contributed by atoms with Crippen molar-refractivity contribution in [2.24, 2.45) is 4.99 Å². The van der Waals surface area contributed by atoms with Gasteiger partial charge in [0.1, 0.15) is 22.7 Å². The molecule has 4 rings (SSSR count). The Bertz CT molecular complexity index is 1480. The van der Waals surface area contributed by atoms with Gasteiger partial charge >= 0.3 is 5.69 Å². The molecule has 186 valence electrons. The van der Waals surface area contributed by atoms with Crippen molar-refractivity contribution < 1.29 is 19.1 Å². The lowest BCUT2D eigenvalue weighted by Gasteiger charge is -2.14. The number of rotatable bonds is 6. The largest absolute Gasteiger partial charge is 0.494 e. The fraction of sp³-hybridized carbons (Fsp3) is 0.208. The Kier molecular flexibility index (Phi) is 7.06. The van der Waals surface area contributed by atoms with Gasteiger partial charge in [-0.25, -0.2) is 14.2 Å². The summed E-state index contributed by atoms with van der Waals surface area (Å²) in [4.78, 5) is 57.7. The predicted octanol–water partition coefficient (Wildman–Crippen LogP) is 2.23. The van der Waals surface area contributed by atoms with E-state index in [1.165, 1.54) is 12.1 Å². The number of thioether (sulfide) groups is 1. The second-order valence-corrected chi connectivity index (χ2v) is 9.35. The summed E-state index contributed by atoms with van der Waals surface area (Å²) in [5, 5.41) is 15.0. The monoisotopic (exact) mass is 511 g/mol. The number of aromatic amines is 2. The summed E-state index contributed by atoms with van der Waals surface area (Å²) in [5.74, 6) is -2.04. The van der Waals surface area contributed by atoms with Crippen LogP contribution in [0.5, 0.6) is 5.88 Å². The topological polar surface area (TPSA) is 157 Å². The molecule has 10 nitrogen and oxygen atoms in total. The van der Waals surface area contributed by atoms with Crippen molar-refractivity contribution >= 4 is 34.4 Å². The van der Waals surface area contributed by atoms with Gasteiger partial charge in [0, 0.05) is 12.1 Å². The molecule has 2 atom stereocenters. The normalized spacial score (nSPS) is 17.1. The Morgan fingerprint density at radius 1 is 1.14 bits per heavy atom. The third kappa shape index (κ3) is 5.38. The van der Waals surface area contributed by atoms with Gasteiger partial charge in [-0.05, 0) is 48.7 Å². The number of benzene rings is 2. The number of anilines is 1. The van der Waals surface area contributed by atoms with Crippen LogP contribution < -0.4 is 21.9 Å². The van der Waals surface area contributed by atoms with Crippen LogP contribution in [-0.4, -0.2) is 37.3 Å². The Hall–Kier alpha value is -4.19. The minimum absolute atomic E-state index is 0.101. The van der Waals surface area contributed by atoms with E-state index < -0.39 is 40.1 Å². The van der Waals surface area contributed by atoms with Crippen molar-refractivity contribution in [1.29, 1.82) is 0 Å². The molecule has 3 aromatic rings. The first kappa shape index (κ1) is 24.9. The van der Waals surface area contributed by atoms with E-state index >= 15 is 0 Å². The minimum Gasteiger partial charge on any atom is -0.494 e. The van der Waals surface area contributed by atoms with Crippen molar-refractivity contribution in [3.63, 3.8) is 0 Å². The van der Waals surface area contributed by atoms with Gasteiger partial charge in [0.2, 0.25) is 17.7 Å². The smallest absolute Gasteiger partial charge is 0.328 e. The van der Waals surface area contributed by atoms with E-state index in [4.69, 9.17) is 0 Å². The number of nitrogens with one attached hydrogen (secondary N) is 4. The standard InChI is InChI=1S/C24H22FN5O5S/c1-11-4-3-5-15(12(11)2)26-17(31)10-16-20(32)30-24(36-16)27-19(13-6-8-14(25)9-7-13)18-21(33)28-23(35)29-22(18)34/h3-9,16,19H,10H2,1-2H3,(H,26,31)(H,27,30,32)(H3,28,29,33,34,35). The number of amides is 2. The van der Waals surface area contributed by atoms with Crippen LogP contribution in [0, 0.1) is 19.7 Å². The maximum Gasteiger partial charge on any atom is 0.328 e. The van der Waals surface area contributed by atoms with Crippen LogP contribution in [0.2, 0.25) is 0 Å². The lowest BCUT2D eigenvalue weighted by molar-refractivity contribution is -0.122. The van der Waals surface area contributed by atoms with Crippen LogP contribution in [0.25, 0.3) is 0 Å². The summed E-state index contributed by atoms with van der Waals surface area (Å²) >= 11 is 0.989. The average molecular weight is 512 g/mol. The molecule has 1 aliphatic heterocycles. The lowest BCUT2D eigenvalue weighted by Crippen LogP contribution is -2.29. The molecule has 5 N–H and O–H groups in total. The summed E-state index contributed by atoms with van der Waals surface area (Å²) in [7, 11) is 0. The number of aryl methyl sites for hydroxylation is 1. The summed E-state index contributed by atoms with van der Waals surface area (Å²) in [6.07, 6.45) is -0.130. The molecule has 12 heteroatoms. The maximum atomic E-state index is 13.5. The first-order chi connectivity index (χ1) is 17.1. The Morgan fingerprint density at radius 3 is 2.56 bits per heavy atom. The molecule has 1 fully saturated rings. The van der Waals surface area contributed by atoms with Crippen LogP contribution in [0.3, 0.4) is 0 Å². The van der Waals surface area contributed by atoms with Crippen LogP contribution in [0.1, 0.15) is 34.7 Å². The third-order valence-corrected chi connectivity index (χ3v) is 6.79. The van der Waals surface area contributed by atoms with Gasteiger partial charge < -0.3 is 15.7 Å². The number of halogens is 1. The SMILES string of the molecule is Cc1cccc(NC(=O)CC2SC(=NC(c3ccc(F)cc3)c3c(O)[nH]c(=O)[nH]c3=O)NC2=O)c1C. The highest BCUT2D eigenvalue weighted by Gasteiger charge is 2.34. The molecule has 2 unspecified atom stereocenters. The molecule has 36 heavy (non-hydrogen) atoms. The molecular weight excluding hydrogens is 489 g/mol. The molecule has 2 aromatic carbocycles. The van der Waals surface area contributed by atoms with Crippen molar-refractivity contribution in [2.75, 3.05) is 5.32 Å². The molecule has 0 bridgehead atoms. The molecule has 1 aliphatic rings. The highest BCUT2D eigenvalue weighted by Crippen LogP contribution is 2.32. The van der Waals surface area contributed by atoms with Gasteiger partial charge in [-0.3, -0.25) is 24.4 Å². The Labute approximate surface area is 208 Å². The van der Waals surface area contributed by atoms with E-state index in [1.54, 1.807) is 6.07 Å². The van der Waals surface area contributed by atoms with Crippen LogP contribution in [0.15, 0.2) is 57.0 Å². The number of hydrogen-bond acceptors (Lipinski definition) is 7. The number of aliphatic imine (C=N–C) groups is 1. The first-order valence-corrected chi connectivity index (χ1v) is 11.7. The zero-order valence-corrected chi connectivity index (χ0v) is 20.0. The van der Waals surface area contributed by atoms with E-state index in [2.05, 4.69) is 20.6 Å². The number of aromatic hydroxyl groups is 1. The van der Waals surface area contributed by atoms with Gasteiger partial charge in [0.15, 0.2) is 5.17 Å². The summed E-state index contributed by atoms with van der Waals surface area (Å²) in [6, 6.07) is 9.38. The number of amidine groups is 1. The molecule has 2 heterocycles. The van der Waals surface area contributed by atoms with E-state index in [1.807, 2.05) is 31.0 Å². The minimum atomic E-state index is -1.18. The number of aromatic nitrogens is 2. The zero-order chi connectivity index (χ0) is 26.0. The van der Waals surface area contributed by atoms with Crippen molar-refractivity contribution in [3.05, 3.63) is 91.4 Å². The highest BCUT2D eigenvalue weighted by molar-refractivity contribution is 8.15. The fourth-order valence-electron chi connectivity index (χ4n) is 3.66. The predicted molar refractivity (Wildman–Crippen MR) is 134 cm³/mol. The second-order valence-electron chi connectivity index (χ2n) is 8.15. The molecule has 2 amide bonds. The molecule has 0 aliphatic carbocycles. The lowest BCUT2D eigenvalue weighted by atomic mass is 10.0. The van der Waals surface area contributed by atoms with E-state index in [0.717, 1.165) is 35.0 Å². The number of H-pyrrole nitrogens is 2. The molecule has 0 spiro atoms. The zero-order valence-electron chi connectivity index (χ0n) is 19.2. The van der Waals surface area contributed by atoms with Crippen molar-refractivity contribution in [3.8, 4) is 5.88 Å². The van der Waals surface area contributed by atoms with Crippen molar-refractivity contribution in [1.82, 2.24) is 15.3 Å². The molecular formula is C24H22FN5O5S. The molecule has 1 saturated heterocycles. The van der Waals surface area contributed by atoms with Crippen molar-refractivity contribution in [2.45, 2.75) is 31.6 Å². The van der Waals surface area contributed by atoms with E-state index in [0.29, 0.717) is 11.3 Å². The first-order valence-electron chi connectivity index (χ1n) is 10.8. The van der Waals surface area contributed by atoms with E-state index in [-0.39, 0.29) is 23.1 Å². The second kappa shape index (κ2) is 10.2. The average Bonchev–Trinajstić information content (AvgIpc) is 3.14. The Balaban J connectivity index is 1.59. The van der Waals surface area contributed by atoms with Gasteiger partial charge in [-0.2, -0.15) is 0 Å². The summed E-state index contributed by atoms with van der Waals surface area (Å²) in [6.45, 7) is 3.81. The molecule has 1 aromatic heterocycles. The number of nitrogens with zero attached hydrogens (tertiary/aromatic N) is 1. The fourth-order valence-corrected chi connectivity index (χ4v) is 4.66. The number of carbonyl (C=O) groups is 2. The maximum absolute atomic E-state index is 13.5. The third-order valence-electron chi connectivity index (χ3n) is 5.69. The van der Waals surface area contributed by atoms with Crippen LogP contribution >= 0.6 is 11.8 Å². The highest BCUT2D eigenvalue weighted by atomic mass is 32.2. The van der Waals surface area contributed by atoms with Crippen LogP contribution in [0.4, 0.5) is 10.1 Å². The Morgan fingerprint density at radius 2 is 1.86 bits per heavy atom. The number of hydrogen-bond donors (Lipinski definition) is 5. The van der Waals surface area contributed by atoms with Gasteiger partial charge in [0.25, 0.3) is 5.56 Å². The summed E-state index contributed by atoms with van der Waals surface area (Å²) < 4.78 is 13.5. The van der Waals surface area contributed by atoms with Gasteiger partial charge in [-0.1, -0.05) is 36.0 Å². The quantitative estimate of drug-likeness (QED) is 0.342. The molecule has 0 radical (unpaired) electrons. The van der Waals surface area contributed by atoms with Crippen LogP contribution in [-0.2, 0) is 9.59 Å². The van der Waals surface area contributed by atoms with E-state index in [9.17, 15) is 28.7 Å². The van der Waals surface area contributed by atoms with Gasteiger partial charge in [-0.15, -0.1) is 0 Å². The number of carbonyl (C=O) groups excluding carboxylic acids is 2. The van der Waals surface area contributed by atoms with Gasteiger partial charge in [0.05, 0.1) is 0 Å². The summed E-state index contributed by atoms with van der Waals surface area (Å²) in [5.41, 5.74) is 0.815. The molecule has 0 saturated carbocycles.